The van der Waals surface area contributed by atoms with E-state index in [1.807, 2.05) is 30.3 Å². The molecule has 2 rings (SSSR count). The Kier molecular flexibility index (Phi) is 6.59. The summed E-state index contributed by atoms with van der Waals surface area (Å²) in [5.41, 5.74) is 3.05. The minimum absolute atomic E-state index is 0.00386. The van der Waals surface area contributed by atoms with Crippen LogP contribution in [0.1, 0.15) is 21.5 Å². The molecule has 0 bridgehead atoms. The van der Waals surface area contributed by atoms with E-state index in [0.717, 1.165) is 11.1 Å². The van der Waals surface area contributed by atoms with Crippen LogP contribution in [-0.4, -0.2) is 18.0 Å². The van der Waals surface area contributed by atoms with Crippen molar-refractivity contribution in [3.8, 4) is 5.75 Å². The van der Waals surface area contributed by atoms with Gasteiger partial charge in [-0.15, -0.1) is 6.58 Å². The first-order valence-electron chi connectivity index (χ1n) is 7.57. The molecule has 0 radical (unpaired) electrons. The van der Waals surface area contributed by atoms with Gasteiger partial charge >= 0.3 is 5.69 Å². The molecule has 0 amide bonds. The highest BCUT2D eigenvalue weighted by atomic mass is 32.2. The van der Waals surface area contributed by atoms with Crippen molar-refractivity contribution in [2.45, 2.75) is 12.8 Å². The van der Waals surface area contributed by atoms with E-state index in [2.05, 4.69) is 11.6 Å². The summed E-state index contributed by atoms with van der Waals surface area (Å²) < 4.78 is 5.21. The van der Waals surface area contributed by atoms with Crippen molar-refractivity contribution in [3.63, 3.8) is 0 Å². The maximum absolute atomic E-state index is 12.6. The molecule has 0 fully saturated rings. The summed E-state index contributed by atoms with van der Waals surface area (Å²) in [4.78, 5) is 15.8. The molecular formula is C19H19N2O2S+. The lowest BCUT2D eigenvalue weighted by atomic mass is 10.1. The monoisotopic (exact) mass is 339 g/mol. The quantitative estimate of drug-likeness (QED) is 0.525. The summed E-state index contributed by atoms with van der Waals surface area (Å²) in [6, 6.07) is 12.9. The molecule has 0 aliphatic heterocycles. The topological polar surface area (TPSA) is 54.5 Å². The zero-order valence-corrected chi connectivity index (χ0v) is 14.4. The summed E-state index contributed by atoms with van der Waals surface area (Å²) in [5.74, 6) is 1.27. The molecule has 0 atom stereocenters. The molecule has 2 aromatic carbocycles. The lowest BCUT2D eigenvalue weighted by molar-refractivity contribution is 0.108. The number of nitrogens with zero attached hydrogens (tertiary/aromatic N) is 2. The van der Waals surface area contributed by atoms with E-state index in [9.17, 15) is 4.79 Å². The highest BCUT2D eigenvalue weighted by Gasteiger charge is 2.15. The van der Waals surface area contributed by atoms with Gasteiger partial charge in [0.2, 0.25) is 10.5 Å². The Balaban J connectivity index is 2.07. The molecule has 0 heterocycles. The van der Waals surface area contributed by atoms with Crippen LogP contribution in [0.5, 0.6) is 5.75 Å². The largest absolute Gasteiger partial charge is 0.497 e. The van der Waals surface area contributed by atoms with Crippen molar-refractivity contribution in [1.29, 1.82) is 5.39 Å². The summed E-state index contributed by atoms with van der Waals surface area (Å²) >= 11 is 1.25. The minimum Gasteiger partial charge on any atom is -0.497 e. The van der Waals surface area contributed by atoms with E-state index in [-0.39, 0.29) is 5.12 Å². The molecule has 5 heteroatoms. The first kappa shape index (κ1) is 17.8. The molecule has 0 aliphatic rings. The van der Waals surface area contributed by atoms with Gasteiger partial charge in [-0.05, 0) is 30.5 Å². The molecule has 24 heavy (non-hydrogen) atoms. The van der Waals surface area contributed by atoms with Gasteiger partial charge < -0.3 is 4.74 Å². The van der Waals surface area contributed by atoms with E-state index < -0.39 is 0 Å². The van der Waals surface area contributed by atoms with E-state index >= 15 is 0 Å². The second kappa shape index (κ2) is 8.90. The third kappa shape index (κ3) is 4.46. The summed E-state index contributed by atoms with van der Waals surface area (Å²) in [6.07, 6.45) is 3.07. The van der Waals surface area contributed by atoms with Gasteiger partial charge in [-0.1, -0.05) is 42.1 Å². The summed E-state index contributed by atoms with van der Waals surface area (Å²) in [7, 11) is 1.58. The number of methoxy groups -OCH3 is 1. The molecule has 0 unspecified atom stereocenters. The molecule has 0 aromatic heterocycles. The van der Waals surface area contributed by atoms with Crippen LogP contribution in [0.3, 0.4) is 0 Å². The van der Waals surface area contributed by atoms with Crippen molar-refractivity contribution >= 4 is 22.6 Å². The molecule has 2 aromatic rings. The van der Waals surface area contributed by atoms with E-state index in [4.69, 9.17) is 10.1 Å². The summed E-state index contributed by atoms with van der Waals surface area (Å²) in [6.45, 7) is 3.74. The van der Waals surface area contributed by atoms with Crippen LogP contribution in [0.2, 0.25) is 0 Å². The van der Waals surface area contributed by atoms with Gasteiger partial charge in [-0.25, -0.2) is 0 Å². The Morgan fingerprint density at radius 3 is 2.79 bits per heavy atom. The number of hydrogen-bond donors (Lipinski definition) is 0. The molecule has 0 N–H and O–H groups in total. The third-order valence-corrected chi connectivity index (χ3v) is 4.50. The van der Waals surface area contributed by atoms with Gasteiger partial charge in [-0.3, -0.25) is 4.79 Å². The summed E-state index contributed by atoms with van der Waals surface area (Å²) in [5, 5.41) is 8.99. The fraction of sp³-hybridized carbons (Fsp3) is 0.211. The predicted octanol–water partition coefficient (Wildman–Crippen LogP) is 5.02. The Bertz CT molecular complexity index is 781. The van der Waals surface area contributed by atoms with Gasteiger partial charge in [0.15, 0.2) is 4.98 Å². The Morgan fingerprint density at radius 2 is 2.08 bits per heavy atom. The first-order valence-corrected chi connectivity index (χ1v) is 8.56. The van der Waals surface area contributed by atoms with Gasteiger partial charge in [0.05, 0.1) is 7.11 Å². The van der Waals surface area contributed by atoms with Crippen LogP contribution in [0.15, 0.2) is 55.1 Å². The molecule has 0 aliphatic carbocycles. The van der Waals surface area contributed by atoms with Crippen molar-refractivity contribution in [3.05, 3.63) is 76.8 Å². The smallest absolute Gasteiger partial charge is 0.388 e. The van der Waals surface area contributed by atoms with Gasteiger partial charge in [0, 0.05) is 22.9 Å². The maximum Gasteiger partial charge on any atom is 0.388 e. The highest BCUT2D eigenvalue weighted by Crippen LogP contribution is 2.25. The van der Waals surface area contributed by atoms with Crippen molar-refractivity contribution in [2.75, 3.05) is 12.9 Å². The Morgan fingerprint density at radius 1 is 1.29 bits per heavy atom. The van der Waals surface area contributed by atoms with Gasteiger partial charge in [-0.2, -0.15) is 0 Å². The molecule has 0 spiro atoms. The standard InChI is InChI=1S/C19H19N2O2S/c1-3-6-14-9-10-16(23-2)13-17(14)19(22)24-12-11-15-7-4-5-8-18(15)21-20/h3-5,7-10,13H,1,6,11-12H2,2H3/q+1. The second-order valence-electron chi connectivity index (χ2n) is 5.13. The van der Waals surface area contributed by atoms with Crippen molar-refractivity contribution in [1.82, 2.24) is 0 Å². The van der Waals surface area contributed by atoms with Crippen LogP contribution >= 0.6 is 11.8 Å². The number of carbonyl (C=O) groups excluding carboxylic acids is 1. The zero-order valence-electron chi connectivity index (χ0n) is 13.6. The lowest BCUT2D eigenvalue weighted by Gasteiger charge is -2.09. The number of carbonyl (C=O) groups is 1. The number of ether oxygens (including phenoxy) is 1. The van der Waals surface area contributed by atoms with E-state index in [1.54, 1.807) is 25.3 Å². The zero-order chi connectivity index (χ0) is 17.4. The number of thioether (sulfide) groups is 1. The Hall–Kier alpha value is -2.58. The number of benzene rings is 2. The number of allylic oxidation sites excluding steroid dienone is 1. The molecular weight excluding hydrogens is 320 g/mol. The van der Waals surface area contributed by atoms with E-state index in [0.29, 0.717) is 35.6 Å². The molecule has 0 saturated carbocycles. The van der Waals surface area contributed by atoms with Crippen LogP contribution in [0, 0.1) is 5.39 Å². The third-order valence-electron chi connectivity index (χ3n) is 3.61. The second-order valence-corrected chi connectivity index (χ2v) is 6.20. The average molecular weight is 339 g/mol. The molecule has 122 valence electrons. The van der Waals surface area contributed by atoms with Crippen molar-refractivity contribution < 1.29 is 9.53 Å². The lowest BCUT2D eigenvalue weighted by Crippen LogP contribution is -2.02. The number of rotatable bonds is 7. The van der Waals surface area contributed by atoms with Gasteiger partial charge in [0.1, 0.15) is 5.75 Å². The predicted molar refractivity (Wildman–Crippen MR) is 98.6 cm³/mol. The fourth-order valence-electron chi connectivity index (χ4n) is 2.36. The minimum atomic E-state index is 0.00386. The molecule has 0 saturated heterocycles. The van der Waals surface area contributed by atoms with Crippen LogP contribution < -0.4 is 4.74 Å². The average Bonchev–Trinajstić information content (AvgIpc) is 2.62. The van der Waals surface area contributed by atoms with E-state index in [1.165, 1.54) is 11.8 Å². The fourth-order valence-corrected chi connectivity index (χ4v) is 3.21. The number of diazo groups is 1. The SMILES string of the molecule is C=CCc1ccc(OC)cc1C(=O)SCCc1ccccc1[N+]#N. The Labute approximate surface area is 146 Å². The highest BCUT2D eigenvalue weighted by molar-refractivity contribution is 8.14. The normalized spacial score (nSPS) is 10.0. The first-order chi connectivity index (χ1) is 11.7. The van der Waals surface area contributed by atoms with Gasteiger partial charge in [0.25, 0.3) is 0 Å². The number of hydrogen-bond acceptors (Lipinski definition) is 4. The maximum atomic E-state index is 12.6. The van der Waals surface area contributed by atoms with Crippen LogP contribution in [-0.2, 0) is 12.8 Å². The van der Waals surface area contributed by atoms with Crippen LogP contribution in [0.4, 0.5) is 5.69 Å². The van der Waals surface area contributed by atoms with Crippen LogP contribution in [0.25, 0.3) is 4.98 Å². The van der Waals surface area contributed by atoms with Crippen molar-refractivity contribution in [2.24, 2.45) is 0 Å². The number of aryl methyl sites for hydroxylation is 1. The molecule has 4 nitrogen and oxygen atoms in total.